The summed E-state index contributed by atoms with van der Waals surface area (Å²) < 4.78 is 0. The van der Waals surface area contributed by atoms with Crippen LogP contribution in [0, 0.1) is 11.8 Å². The second-order valence-electron chi connectivity index (χ2n) is 5.00. The van der Waals surface area contributed by atoms with Crippen LogP contribution in [0.1, 0.15) is 46.5 Å². The van der Waals surface area contributed by atoms with Crippen molar-refractivity contribution in [3.05, 3.63) is 0 Å². The van der Waals surface area contributed by atoms with Gasteiger partial charge in [-0.1, -0.05) is 33.6 Å². The van der Waals surface area contributed by atoms with Crippen LogP contribution in [-0.2, 0) is 4.79 Å². The number of carbonyl (C=O) groups excluding carboxylic acids is 1. The van der Waals surface area contributed by atoms with Gasteiger partial charge in [0.1, 0.15) is 0 Å². The highest BCUT2D eigenvalue weighted by atomic mass is 16.3. The zero-order valence-corrected chi connectivity index (χ0v) is 9.99. The highest BCUT2D eigenvalue weighted by Gasteiger charge is 2.26. The van der Waals surface area contributed by atoms with E-state index in [-0.39, 0.29) is 24.0 Å². The van der Waals surface area contributed by atoms with Gasteiger partial charge in [0, 0.05) is 5.92 Å². The Morgan fingerprint density at radius 2 is 1.87 bits per heavy atom. The quantitative estimate of drug-likeness (QED) is 0.749. The predicted octanol–water partition coefficient (Wildman–Crippen LogP) is 1.70. The van der Waals surface area contributed by atoms with Crippen LogP contribution in [0.3, 0.4) is 0 Å². The summed E-state index contributed by atoms with van der Waals surface area (Å²) in [5.74, 6) is 0.459. The van der Waals surface area contributed by atoms with Crippen LogP contribution in [0.25, 0.3) is 0 Å². The van der Waals surface area contributed by atoms with Gasteiger partial charge in [-0.05, 0) is 18.8 Å². The van der Waals surface area contributed by atoms with Crippen molar-refractivity contribution >= 4 is 5.91 Å². The Morgan fingerprint density at radius 3 is 2.40 bits per heavy atom. The number of amides is 1. The van der Waals surface area contributed by atoms with Gasteiger partial charge in [0.05, 0.1) is 12.1 Å². The van der Waals surface area contributed by atoms with Gasteiger partial charge in [0.25, 0.3) is 0 Å². The van der Waals surface area contributed by atoms with Gasteiger partial charge >= 0.3 is 0 Å². The molecule has 1 aliphatic rings. The largest absolute Gasteiger partial charge is 0.391 e. The lowest BCUT2D eigenvalue weighted by atomic mass is 9.91. The molecule has 0 bridgehead atoms. The number of rotatable bonds is 3. The van der Waals surface area contributed by atoms with Crippen molar-refractivity contribution in [1.82, 2.24) is 5.32 Å². The van der Waals surface area contributed by atoms with E-state index in [1.165, 1.54) is 0 Å². The Labute approximate surface area is 92.3 Å². The first kappa shape index (κ1) is 12.5. The topological polar surface area (TPSA) is 49.3 Å². The minimum atomic E-state index is -0.345. The van der Waals surface area contributed by atoms with Gasteiger partial charge in [-0.3, -0.25) is 4.79 Å². The molecule has 3 nitrogen and oxygen atoms in total. The Balaban J connectivity index is 2.42. The fraction of sp³-hybridized carbons (Fsp3) is 0.917. The van der Waals surface area contributed by atoms with E-state index < -0.39 is 0 Å². The summed E-state index contributed by atoms with van der Waals surface area (Å²) in [6.45, 7) is 6.03. The van der Waals surface area contributed by atoms with Crippen molar-refractivity contribution in [3.63, 3.8) is 0 Å². The summed E-state index contributed by atoms with van der Waals surface area (Å²) in [5.41, 5.74) is 0. The summed E-state index contributed by atoms with van der Waals surface area (Å²) in [6, 6.07) is -0.0209. The summed E-state index contributed by atoms with van der Waals surface area (Å²) in [4.78, 5) is 11.8. The molecule has 1 aliphatic carbocycles. The lowest BCUT2D eigenvalue weighted by Crippen LogP contribution is -2.47. The average molecular weight is 213 g/mol. The van der Waals surface area contributed by atoms with E-state index in [4.69, 9.17) is 0 Å². The molecule has 1 fully saturated rings. The third-order valence-corrected chi connectivity index (χ3v) is 3.47. The maximum atomic E-state index is 11.8. The van der Waals surface area contributed by atoms with Gasteiger partial charge in [-0.15, -0.1) is 0 Å². The molecular formula is C12H23NO2. The lowest BCUT2D eigenvalue weighted by Gasteiger charge is -2.29. The first-order chi connectivity index (χ1) is 7.02. The fourth-order valence-electron chi connectivity index (χ4n) is 1.90. The minimum absolute atomic E-state index is 0.0209. The lowest BCUT2D eigenvalue weighted by molar-refractivity contribution is -0.127. The molecule has 0 aromatic heterocycles. The van der Waals surface area contributed by atoms with Crippen LogP contribution < -0.4 is 5.32 Å². The molecule has 0 aromatic rings. The van der Waals surface area contributed by atoms with Gasteiger partial charge in [-0.25, -0.2) is 0 Å². The molecule has 0 aromatic carbocycles. The van der Waals surface area contributed by atoms with Crippen molar-refractivity contribution in [1.29, 1.82) is 0 Å². The first-order valence-electron chi connectivity index (χ1n) is 6.00. The standard InChI is InChI=1S/C12H23NO2/c1-8(2)9(3)12(15)13-10-6-4-5-7-11(10)14/h8-11,14H,4-7H2,1-3H3,(H,13,15)/t9?,10-,11-/m1/s1. The zero-order valence-electron chi connectivity index (χ0n) is 9.99. The molecule has 1 unspecified atom stereocenters. The molecule has 1 amide bonds. The Hall–Kier alpha value is -0.570. The van der Waals surface area contributed by atoms with Gasteiger partial charge in [0.2, 0.25) is 5.91 Å². The summed E-state index contributed by atoms with van der Waals surface area (Å²) in [7, 11) is 0. The van der Waals surface area contributed by atoms with E-state index in [1.54, 1.807) is 0 Å². The highest BCUT2D eigenvalue weighted by Crippen LogP contribution is 2.19. The molecule has 2 N–H and O–H groups in total. The molecule has 0 saturated heterocycles. The van der Waals surface area contributed by atoms with Crippen LogP contribution in [0.2, 0.25) is 0 Å². The van der Waals surface area contributed by atoms with E-state index in [9.17, 15) is 9.90 Å². The molecule has 3 heteroatoms. The van der Waals surface area contributed by atoms with Crippen molar-refractivity contribution in [3.8, 4) is 0 Å². The van der Waals surface area contributed by atoms with Gasteiger partial charge in [-0.2, -0.15) is 0 Å². The summed E-state index contributed by atoms with van der Waals surface area (Å²) in [6.07, 6.45) is 3.58. The van der Waals surface area contributed by atoms with Crippen molar-refractivity contribution in [2.24, 2.45) is 11.8 Å². The molecule has 0 radical (unpaired) electrons. The smallest absolute Gasteiger partial charge is 0.223 e. The molecule has 0 aliphatic heterocycles. The molecular weight excluding hydrogens is 190 g/mol. The number of nitrogens with one attached hydrogen (secondary N) is 1. The number of aliphatic hydroxyl groups is 1. The molecule has 0 spiro atoms. The van der Waals surface area contributed by atoms with Gasteiger partial charge in [0.15, 0.2) is 0 Å². The monoisotopic (exact) mass is 213 g/mol. The van der Waals surface area contributed by atoms with Gasteiger partial charge < -0.3 is 10.4 Å². The Kier molecular flexibility index (Phi) is 4.58. The summed E-state index contributed by atoms with van der Waals surface area (Å²) in [5, 5.41) is 12.7. The maximum Gasteiger partial charge on any atom is 0.223 e. The van der Waals surface area contributed by atoms with Crippen LogP contribution in [-0.4, -0.2) is 23.2 Å². The summed E-state index contributed by atoms with van der Waals surface area (Å²) >= 11 is 0. The van der Waals surface area contributed by atoms with Crippen molar-refractivity contribution in [2.45, 2.75) is 58.6 Å². The zero-order chi connectivity index (χ0) is 11.4. The molecule has 3 atom stereocenters. The maximum absolute atomic E-state index is 11.8. The third kappa shape index (κ3) is 3.49. The van der Waals surface area contributed by atoms with E-state index >= 15 is 0 Å². The van der Waals surface area contributed by atoms with Crippen LogP contribution in [0.5, 0.6) is 0 Å². The number of hydrogen-bond acceptors (Lipinski definition) is 2. The molecule has 88 valence electrons. The average Bonchev–Trinajstić information content (AvgIpc) is 2.20. The Bertz CT molecular complexity index is 216. The number of carbonyl (C=O) groups is 1. The molecule has 15 heavy (non-hydrogen) atoms. The van der Waals surface area contributed by atoms with E-state index in [0.29, 0.717) is 5.92 Å². The van der Waals surface area contributed by atoms with E-state index in [0.717, 1.165) is 25.7 Å². The predicted molar refractivity (Wildman–Crippen MR) is 60.4 cm³/mol. The van der Waals surface area contributed by atoms with E-state index in [2.05, 4.69) is 5.32 Å². The highest BCUT2D eigenvalue weighted by molar-refractivity contribution is 5.78. The Morgan fingerprint density at radius 1 is 1.27 bits per heavy atom. The second kappa shape index (κ2) is 5.50. The molecule has 0 heterocycles. The number of hydrogen-bond donors (Lipinski definition) is 2. The van der Waals surface area contributed by atoms with Crippen molar-refractivity contribution < 1.29 is 9.90 Å². The SMILES string of the molecule is CC(C)C(C)C(=O)N[C@@H]1CCCC[C@H]1O. The van der Waals surface area contributed by atoms with Crippen LogP contribution in [0.15, 0.2) is 0 Å². The van der Waals surface area contributed by atoms with Crippen LogP contribution in [0.4, 0.5) is 0 Å². The second-order valence-corrected chi connectivity index (χ2v) is 5.00. The fourth-order valence-corrected chi connectivity index (χ4v) is 1.90. The normalized spacial score (nSPS) is 28.9. The van der Waals surface area contributed by atoms with E-state index in [1.807, 2.05) is 20.8 Å². The number of aliphatic hydroxyl groups excluding tert-OH is 1. The first-order valence-corrected chi connectivity index (χ1v) is 6.00. The minimum Gasteiger partial charge on any atom is -0.391 e. The third-order valence-electron chi connectivity index (χ3n) is 3.47. The molecule has 1 saturated carbocycles. The molecule has 1 rings (SSSR count). The van der Waals surface area contributed by atoms with Crippen molar-refractivity contribution in [2.75, 3.05) is 0 Å². The van der Waals surface area contributed by atoms with Crippen LogP contribution >= 0.6 is 0 Å².